The summed E-state index contributed by atoms with van der Waals surface area (Å²) < 4.78 is 6.28. The Labute approximate surface area is 189 Å². The van der Waals surface area contributed by atoms with E-state index < -0.39 is 5.60 Å². The Morgan fingerprint density at radius 2 is 1.94 bits per heavy atom. The molecule has 0 aliphatic carbocycles. The maximum Gasteiger partial charge on any atom is 0.238 e. The van der Waals surface area contributed by atoms with Crippen LogP contribution >= 0.6 is 11.3 Å². The predicted octanol–water partition coefficient (Wildman–Crippen LogP) is 2.42. The van der Waals surface area contributed by atoms with Crippen LogP contribution in [0, 0.1) is 5.92 Å². The van der Waals surface area contributed by atoms with Gasteiger partial charge in [0.05, 0.1) is 16.5 Å². The zero-order chi connectivity index (χ0) is 22.0. The van der Waals surface area contributed by atoms with Crippen molar-refractivity contribution in [3.8, 4) is 5.75 Å². The van der Waals surface area contributed by atoms with E-state index >= 15 is 0 Å². The molecule has 9 heteroatoms. The van der Waals surface area contributed by atoms with Crippen LogP contribution in [0.25, 0.3) is 0 Å². The minimum Gasteiger partial charge on any atom is -0.478 e. The summed E-state index contributed by atoms with van der Waals surface area (Å²) in [5, 5.41) is 16.3. The number of anilines is 2. The summed E-state index contributed by atoms with van der Waals surface area (Å²) in [6.07, 6.45) is 2.18. The Morgan fingerprint density at radius 3 is 2.53 bits per heavy atom. The molecule has 1 amide bonds. The average Bonchev–Trinajstić information content (AvgIpc) is 3.47. The van der Waals surface area contributed by atoms with Crippen LogP contribution in [0.5, 0.6) is 5.75 Å². The van der Waals surface area contributed by atoms with Crippen LogP contribution in [-0.2, 0) is 4.79 Å². The van der Waals surface area contributed by atoms with Crippen LogP contribution in [-0.4, -0.2) is 53.7 Å². The molecular weight excluding hydrogens is 426 g/mol. The van der Waals surface area contributed by atoms with Crippen LogP contribution in [0.2, 0.25) is 0 Å². The van der Waals surface area contributed by atoms with Gasteiger partial charge in [-0.25, -0.2) is 0 Å². The highest BCUT2D eigenvalue weighted by molar-refractivity contribution is 7.12. The molecule has 3 aromatic rings. The maximum absolute atomic E-state index is 13.2. The molecule has 2 aromatic heterocycles. The summed E-state index contributed by atoms with van der Waals surface area (Å²) in [4.78, 5) is 28.5. The number of ketones is 1. The van der Waals surface area contributed by atoms with Gasteiger partial charge < -0.3 is 15.4 Å². The van der Waals surface area contributed by atoms with Gasteiger partial charge in [0.25, 0.3) is 0 Å². The van der Waals surface area contributed by atoms with Gasteiger partial charge in [0, 0.05) is 32.3 Å². The summed E-state index contributed by atoms with van der Waals surface area (Å²) >= 11 is 1.42. The number of Topliss-reactive ketones (excluding diaryl/α,β-unsaturated/α-hetero) is 1. The quantitative estimate of drug-likeness (QED) is 0.535. The Bertz CT molecular complexity index is 1080. The van der Waals surface area contributed by atoms with Crippen LogP contribution in [0.1, 0.15) is 16.1 Å². The van der Waals surface area contributed by atoms with Crippen LogP contribution < -0.4 is 20.3 Å². The molecule has 2 fully saturated rings. The second-order valence-electron chi connectivity index (χ2n) is 7.93. The number of benzene rings is 1. The Kier molecular flexibility index (Phi) is 5.69. The molecule has 32 heavy (non-hydrogen) atoms. The lowest BCUT2D eigenvalue weighted by atomic mass is 9.95. The minimum absolute atomic E-state index is 0.00424. The van der Waals surface area contributed by atoms with Gasteiger partial charge in [-0.3, -0.25) is 14.5 Å². The fourth-order valence-corrected chi connectivity index (χ4v) is 4.70. The third-order valence-electron chi connectivity index (χ3n) is 5.82. The number of carbonyl (C=O) groups excluding carboxylic acids is 2. The molecule has 164 valence electrons. The lowest BCUT2D eigenvalue weighted by Crippen LogP contribution is -2.51. The molecule has 2 saturated heterocycles. The van der Waals surface area contributed by atoms with Crippen molar-refractivity contribution in [1.29, 1.82) is 0 Å². The largest absolute Gasteiger partial charge is 0.478 e. The molecular formula is C23H23N5O3S. The maximum atomic E-state index is 13.2. The van der Waals surface area contributed by atoms with Gasteiger partial charge in [-0.2, -0.15) is 5.10 Å². The van der Waals surface area contributed by atoms with Gasteiger partial charge >= 0.3 is 0 Å². The number of nitrogens with one attached hydrogen (secondary N) is 2. The molecule has 5 rings (SSSR count). The second kappa shape index (κ2) is 8.78. The monoisotopic (exact) mass is 449 g/mol. The Morgan fingerprint density at radius 1 is 1.09 bits per heavy atom. The number of ether oxygens (including phenoxy) is 1. The highest BCUT2D eigenvalue weighted by Crippen LogP contribution is 2.32. The highest BCUT2D eigenvalue weighted by Gasteiger charge is 2.44. The molecule has 0 radical (unpaired) electrons. The third kappa shape index (κ3) is 3.90. The molecule has 0 spiro atoms. The summed E-state index contributed by atoms with van der Waals surface area (Å²) in [7, 11) is 0. The van der Waals surface area contributed by atoms with Gasteiger partial charge in [-0.05, 0) is 54.4 Å². The van der Waals surface area contributed by atoms with Gasteiger partial charge in [0.15, 0.2) is 11.4 Å². The van der Waals surface area contributed by atoms with Gasteiger partial charge in [0.2, 0.25) is 11.7 Å². The average molecular weight is 450 g/mol. The van der Waals surface area contributed by atoms with E-state index in [0.29, 0.717) is 48.2 Å². The predicted molar refractivity (Wildman–Crippen MR) is 121 cm³/mol. The van der Waals surface area contributed by atoms with Crippen molar-refractivity contribution in [2.24, 2.45) is 5.92 Å². The van der Waals surface area contributed by atoms with Crippen LogP contribution in [0.3, 0.4) is 0 Å². The van der Waals surface area contributed by atoms with E-state index in [1.807, 2.05) is 29.6 Å². The van der Waals surface area contributed by atoms with E-state index in [9.17, 15) is 9.59 Å². The minimum atomic E-state index is -0.926. The lowest BCUT2D eigenvalue weighted by molar-refractivity contribution is -0.123. The standard InChI is InChI=1S/C23H23N5O3S/c29-21(19-3-2-12-32-19)23(9-11-24-15-23)31-18-7-5-17(6-8-18)28(20-4-1-10-26-27-20)22(30)16-13-25-14-16/h1-8,10,12,16,24-25H,9,11,13-15H2/t23-/m1/s1. The third-order valence-corrected chi connectivity index (χ3v) is 6.69. The van der Waals surface area contributed by atoms with E-state index in [1.165, 1.54) is 11.3 Å². The number of hydrogen-bond donors (Lipinski definition) is 2. The Hall–Kier alpha value is -3.14. The van der Waals surface area contributed by atoms with Crippen molar-refractivity contribution in [2.45, 2.75) is 12.0 Å². The summed E-state index contributed by atoms with van der Waals surface area (Å²) in [5.74, 6) is 0.934. The second-order valence-corrected chi connectivity index (χ2v) is 8.88. The van der Waals surface area contributed by atoms with Crippen molar-refractivity contribution in [2.75, 3.05) is 31.1 Å². The van der Waals surface area contributed by atoms with Crippen LogP contribution in [0.4, 0.5) is 11.5 Å². The first-order valence-electron chi connectivity index (χ1n) is 10.6. The van der Waals surface area contributed by atoms with Crippen molar-refractivity contribution in [1.82, 2.24) is 20.8 Å². The van der Waals surface area contributed by atoms with E-state index in [-0.39, 0.29) is 17.6 Å². The number of thiophene rings is 1. The van der Waals surface area contributed by atoms with E-state index in [1.54, 1.807) is 35.4 Å². The first kappa shape index (κ1) is 20.7. The van der Waals surface area contributed by atoms with Crippen molar-refractivity contribution in [3.63, 3.8) is 0 Å². The molecule has 2 aliphatic rings. The van der Waals surface area contributed by atoms with Crippen molar-refractivity contribution >= 4 is 34.5 Å². The van der Waals surface area contributed by atoms with Gasteiger partial charge in [-0.15, -0.1) is 16.4 Å². The smallest absolute Gasteiger partial charge is 0.238 e. The molecule has 4 heterocycles. The van der Waals surface area contributed by atoms with E-state index in [2.05, 4.69) is 20.8 Å². The molecule has 0 unspecified atom stereocenters. The van der Waals surface area contributed by atoms with Crippen molar-refractivity contribution < 1.29 is 14.3 Å². The summed E-state index contributed by atoms with van der Waals surface area (Å²) in [6, 6.07) is 14.5. The summed E-state index contributed by atoms with van der Waals surface area (Å²) in [6.45, 7) is 2.48. The number of hydrogen-bond acceptors (Lipinski definition) is 8. The Balaban J connectivity index is 1.41. The number of carbonyl (C=O) groups is 2. The molecule has 2 aliphatic heterocycles. The molecule has 2 N–H and O–H groups in total. The number of amides is 1. The fourth-order valence-electron chi connectivity index (χ4n) is 3.95. The molecule has 8 nitrogen and oxygen atoms in total. The zero-order valence-corrected chi connectivity index (χ0v) is 18.2. The number of aromatic nitrogens is 2. The first-order chi connectivity index (χ1) is 15.7. The lowest BCUT2D eigenvalue weighted by Gasteiger charge is -2.32. The van der Waals surface area contributed by atoms with Crippen molar-refractivity contribution in [3.05, 3.63) is 65.0 Å². The first-order valence-corrected chi connectivity index (χ1v) is 11.4. The molecule has 0 saturated carbocycles. The van der Waals surface area contributed by atoms with Crippen LogP contribution in [0.15, 0.2) is 60.1 Å². The molecule has 1 aromatic carbocycles. The highest BCUT2D eigenvalue weighted by atomic mass is 32.1. The number of rotatable bonds is 7. The zero-order valence-electron chi connectivity index (χ0n) is 17.4. The normalized spacial score (nSPS) is 20.5. The summed E-state index contributed by atoms with van der Waals surface area (Å²) in [5.41, 5.74) is -0.248. The van der Waals surface area contributed by atoms with Gasteiger partial charge in [-0.1, -0.05) is 6.07 Å². The van der Waals surface area contributed by atoms with Gasteiger partial charge in [0.1, 0.15) is 5.75 Å². The van der Waals surface area contributed by atoms with E-state index in [4.69, 9.17) is 4.74 Å². The topological polar surface area (TPSA) is 96.5 Å². The fraction of sp³-hybridized carbons (Fsp3) is 0.304. The molecule has 1 atom stereocenters. The van der Waals surface area contributed by atoms with E-state index in [0.717, 1.165) is 6.54 Å². The SMILES string of the molecule is O=C(C1CNC1)N(c1ccc(O[C@]2(C(=O)c3cccs3)CCNC2)cc1)c1cccnn1. The number of nitrogens with zero attached hydrogens (tertiary/aromatic N) is 3. The molecule has 0 bridgehead atoms.